The number of aliphatic hydroxyl groups is 4. The van der Waals surface area contributed by atoms with Crippen molar-refractivity contribution < 1.29 is 86.8 Å². The molecule has 0 spiro atoms. The topological polar surface area (TPSA) is 505 Å². The maximum Gasteiger partial charge on any atom is 0.329 e. The molecule has 6 aromatic heterocycles. The van der Waals surface area contributed by atoms with Gasteiger partial charge in [-0.1, -0.05) is 92.8 Å². The van der Waals surface area contributed by atoms with Crippen LogP contribution >= 0.6 is 0 Å². The maximum atomic E-state index is 14.9. The maximum absolute atomic E-state index is 14.9. The second-order valence-electron chi connectivity index (χ2n) is 35.6. The summed E-state index contributed by atoms with van der Waals surface area (Å²) >= 11 is 0. The molecule has 2 amide bonds. The lowest BCUT2D eigenvalue weighted by Gasteiger charge is -2.42. The number of aliphatic hydroxyl groups excluding tert-OH is 3. The quantitative estimate of drug-likeness (QED) is 0.00951. The lowest BCUT2D eigenvalue weighted by atomic mass is 9.79. The molecule has 3 saturated heterocycles. The molecule has 5 aliphatic rings. The number of oxazole rings is 1. The molecule has 8 aromatic rings. The summed E-state index contributed by atoms with van der Waals surface area (Å²) < 4.78 is 52.7. The molecule has 38 heteroatoms. The van der Waals surface area contributed by atoms with E-state index in [1.807, 2.05) is 91.5 Å². The summed E-state index contributed by atoms with van der Waals surface area (Å²) in [6.07, 6.45) is 19.0. The van der Waals surface area contributed by atoms with Crippen LogP contribution in [0.3, 0.4) is 0 Å². The number of hydrogen-bond acceptors (Lipinski definition) is 33. The Balaban J connectivity index is 0.554. The van der Waals surface area contributed by atoms with Gasteiger partial charge in [0.15, 0.2) is 17.0 Å². The Hall–Kier alpha value is -10.9. The third kappa shape index (κ3) is 24.9. The number of nitrogens with zero attached hydrogens (tertiary/aromatic N) is 16. The number of aryl methyl sites for hydroxylation is 1. The minimum atomic E-state index is -2.51. The smallest absolute Gasteiger partial charge is 0.329 e. The van der Waals surface area contributed by atoms with E-state index in [-0.39, 0.29) is 93.3 Å². The number of piperazine rings is 1. The van der Waals surface area contributed by atoms with Gasteiger partial charge in [-0.2, -0.15) is 10.1 Å². The van der Waals surface area contributed by atoms with E-state index in [4.69, 9.17) is 69.8 Å². The number of nitrogens with two attached hydrogens (primary N) is 3. The van der Waals surface area contributed by atoms with Crippen LogP contribution in [-0.4, -0.2) is 284 Å². The van der Waals surface area contributed by atoms with Crippen LogP contribution in [0, 0.1) is 29.6 Å². The minimum absolute atomic E-state index is 0.00436. The van der Waals surface area contributed by atoms with Crippen LogP contribution in [0.25, 0.3) is 55.8 Å². The lowest BCUT2D eigenvalue weighted by molar-refractivity contribution is -0.265. The number of Topliss-reactive ketones (excluding diaryl/α,β-unsaturated/α-hetero) is 3. The van der Waals surface area contributed by atoms with Gasteiger partial charge in [-0.05, 0) is 144 Å². The number of cyclic esters (lactones) is 1. The number of anilines is 3. The SMILES string of the molecule is CO[C@H]1C[C@@H]2CC[C@@H](C)[C@@](O)(O2)C(=O)C(=O)N2CCCC[C@H]2C(=O)O[C@H]([C@H](N)C[C@@H]2CC[C@H](n3nncc3-c3cccc(-c4cnc(N5CCN(Cc6cn(CCOCCOCCOCCC(=O)NCCCCn7nc(-c8ccc9oc(N)nc9c8)c8c(N)ncnc87)nn6)C(CO)C5)nc4)c3)[C@H](OC)C2)CC(=O)[C@H](C)/C=C(\C)[C@@H](O)[C@@H](O)C(=O)[C@H](C)C[C@H](C)/C=C/C=CC=C1C. The van der Waals surface area contributed by atoms with Crippen LogP contribution in [0.15, 0.2) is 126 Å². The molecule has 13 rings (SSSR count). The van der Waals surface area contributed by atoms with Crippen molar-refractivity contribution in [2.45, 2.75) is 224 Å². The van der Waals surface area contributed by atoms with Crippen molar-refractivity contribution in [1.29, 1.82) is 0 Å². The number of fused-ring (bicyclic) bond motifs is 5. The molecule has 10 heterocycles. The van der Waals surface area contributed by atoms with Gasteiger partial charge in [-0.25, -0.2) is 38.8 Å². The Kier molecular flexibility index (Phi) is 34.9. The fourth-order valence-corrected chi connectivity index (χ4v) is 18.4. The predicted octanol–water partition coefficient (Wildman–Crippen LogP) is 7.24. The molecule has 38 nitrogen and oxygen atoms in total. The van der Waals surface area contributed by atoms with E-state index < -0.39 is 101 Å². The number of nitrogens with one attached hydrogen (secondary N) is 1. The van der Waals surface area contributed by atoms with Gasteiger partial charge in [0, 0.05) is 138 Å². The number of nitrogen functional groups attached to an aromatic ring is 2. The van der Waals surface area contributed by atoms with Crippen LogP contribution in [0.5, 0.6) is 0 Å². The first-order chi connectivity index (χ1) is 63.7. The normalized spacial score (nSPS) is 26.7. The fraction of sp³-hybridized carbons (Fsp3) is 0.574. The van der Waals surface area contributed by atoms with Gasteiger partial charge in [0.05, 0.1) is 106 Å². The molecule has 1 aliphatic carbocycles. The number of amides is 2. The molecule has 1 saturated carbocycles. The number of unbranched alkanes of at least 4 members (excludes halogenated alkanes) is 1. The fourth-order valence-electron chi connectivity index (χ4n) is 18.4. The number of allylic oxidation sites excluding steroid dienone is 6. The molecule has 16 atom stereocenters. The molecular weight excluding hydrogens is 1700 g/mol. The molecule has 2 aromatic carbocycles. The number of benzene rings is 2. The molecule has 4 aliphatic heterocycles. The van der Waals surface area contributed by atoms with E-state index in [1.165, 1.54) is 19.3 Å². The minimum Gasteiger partial charge on any atom is -0.459 e. The Morgan fingerprint density at radius 1 is 0.773 bits per heavy atom. The monoisotopic (exact) mass is 1820 g/mol. The van der Waals surface area contributed by atoms with Crippen molar-refractivity contribution in [3.8, 4) is 33.6 Å². The van der Waals surface area contributed by atoms with Gasteiger partial charge in [0.25, 0.3) is 17.7 Å². The largest absolute Gasteiger partial charge is 0.459 e. The highest BCUT2D eigenvalue weighted by molar-refractivity contribution is 6.39. The number of aromatic nitrogens is 13. The summed E-state index contributed by atoms with van der Waals surface area (Å²) in [4.78, 5) is 113. The Morgan fingerprint density at radius 3 is 2.33 bits per heavy atom. The number of ketones is 3. The van der Waals surface area contributed by atoms with Crippen LogP contribution in [0.2, 0.25) is 0 Å². The zero-order chi connectivity index (χ0) is 93.7. The van der Waals surface area contributed by atoms with Crippen LogP contribution in [-0.2, 0) is 81.6 Å². The highest BCUT2D eigenvalue weighted by Gasteiger charge is 2.53. The highest BCUT2D eigenvalue weighted by atomic mass is 16.6. The molecule has 712 valence electrons. The van der Waals surface area contributed by atoms with E-state index in [0.29, 0.717) is 176 Å². The molecule has 2 bridgehead atoms. The second-order valence-corrected chi connectivity index (χ2v) is 35.6. The Labute approximate surface area is 767 Å². The standard InChI is InChI=1S/C94H128N20O18/c1-57-17-10-9-11-18-58(2)78(125-7)47-70-25-22-62(6)94(124,132-70)87(121)90(122)112-30-14-12-21-74(112)91(123)130-79(48-76(116)59(3)42-61(5)85(119)86(120)84(118)60(4)41-57)71(95)43-63-23-26-73(80(44-63)126-8)114-75(51-103-107-114)65-20-16-19-64(45-65)67-49-99-93(100-50-67)110-33-32-109(69(54-110)55-115)52-68-53-111(108-105-68)34-36-128-38-40-129-39-37-127-35-28-81(117)98-29-13-15-31-113-89-82(88(96)101-56-102-89)83(106-113)66-24-27-77-72(46-66)104-92(97)131-77/h9-11,16-20,24,27,42,45-46,49-51,53,56-57,59-60,62-63,69-71,73-74,78-80,85-86,115,119-120,124H,12-15,21-23,25-26,28-41,43-44,47-48,52,54-55,95H2,1-8H3,(H2,97,104)(H,98,117)(H2,96,101,102)/b11-9?,17-10+,58-18?,61-42+/t57-,59-,60-,62-,63+,69?,70+,71-,73+,74+,78+,79+,80-,85-,86+,94-/m1/s1. The third-order valence-corrected chi connectivity index (χ3v) is 26.1. The number of carbonyl (C=O) groups is 6. The number of piperidine rings is 1. The predicted molar refractivity (Wildman–Crippen MR) is 489 cm³/mol. The number of hydrogen-bond donors (Lipinski definition) is 8. The first-order valence-corrected chi connectivity index (χ1v) is 46.0. The van der Waals surface area contributed by atoms with Gasteiger partial charge >= 0.3 is 5.97 Å². The van der Waals surface area contributed by atoms with Gasteiger partial charge in [0.1, 0.15) is 53.5 Å². The molecule has 0 radical (unpaired) electrons. The second kappa shape index (κ2) is 46.7. The third-order valence-electron chi connectivity index (χ3n) is 26.1. The molecular formula is C94H128N20O18. The van der Waals surface area contributed by atoms with E-state index >= 15 is 0 Å². The van der Waals surface area contributed by atoms with Gasteiger partial charge in [-0.15, -0.1) is 10.2 Å². The molecule has 1 unspecified atom stereocenters. The van der Waals surface area contributed by atoms with Crippen molar-refractivity contribution >= 4 is 75.0 Å². The highest BCUT2D eigenvalue weighted by Crippen LogP contribution is 2.42. The summed E-state index contributed by atoms with van der Waals surface area (Å²) in [5.74, 6) is -8.44. The number of esters is 1. The zero-order valence-electron chi connectivity index (χ0n) is 76.7. The van der Waals surface area contributed by atoms with Gasteiger partial charge in [0.2, 0.25) is 17.6 Å². The zero-order valence-corrected chi connectivity index (χ0v) is 76.7. The molecule has 4 fully saturated rings. The average Bonchev–Trinajstić information content (AvgIpc) is 1.46. The number of ether oxygens (including phenoxy) is 7. The van der Waals surface area contributed by atoms with E-state index in [2.05, 4.69) is 50.7 Å². The average molecular weight is 1830 g/mol. The first-order valence-electron chi connectivity index (χ1n) is 46.0. The van der Waals surface area contributed by atoms with Gasteiger partial charge in [-0.3, -0.25) is 28.9 Å². The van der Waals surface area contributed by atoms with Crippen molar-refractivity contribution in [1.82, 2.24) is 79.8 Å². The van der Waals surface area contributed by atoms with Crippen LogP contribution in [0.4, 0.5) is 17.8 Å². The van der Waals surface area contributed by atoms with Crippen LogP contribution in [0.1, 0.15) is 150 Å². The Bertz CT molecular complexity index is 5340. The summed E-state index contributed by atoms with van der Waals surface area (Å²) in [6, 6.07) is 10.8. The summed E-state index contributed by atoms with van der Waals surface area (Å²) in [6.45, 7) is 16.0. The Morgan fingerprint density at radius 2 is 1.55 bits per heavy atom. The van der Waals surface area contributed by atoms with Crippen molar-refractivity contribution in [2.75, 3.05) is 110 Å². The molecule has 132 heavy (non-hydrogen) atoms. The first kappa shape index (κ1) is 98.6. The van der Waals surface area contributed by atoms with Crippen molar-refractivity contribution in [2.24, 2.45) is 35.3 Å². The van der Waals surface area contributed by atoms with E-state index in [9.17, 15) is 49.2 Å². The van der Waals surface area contributed by atoms with Crippen LogP contribution < -0.4 is 27.4 Å². The lowest BCUT2D eigenvalue weighted by Crippen LogP contribution is -2.61. The van der Waals surface area contributed by atoms with Crippen molar-refractivity contribution in [3.63, 3.8) is 0 Å². The number of rotatable bonds is 30. The van der Waals surface area contributed by atoms with E-state index in [0.717, 1.165) is 50.5 Å². The number of carbonyl (C=O) groups excluding carboxylic acids is 6. The van der Waals surface area contributed by atoms with E-state index in [1.54, 1.807) is 69.0 Å². The number of methoxy groups -OCH3 is 2. The summed E-state index contributed by atoms with van der Waals surface area (Å²) in [7, 11) is 3.19. The molecule has 11 N–H and O–H groups in total. The summed E-state index contributed by atoms with van der Waals surface area (Å²) in [5, 5.41) is 71.8. The van der Waals surface area contributed by atoms with Gasteiger partial charge < -0.3 is 90.3 Å². The summed E-state index contributed by atoms with van der Waals surface area (Å²) in [5.41, 5.74) is 27.4. The van der Waals surface area contributed by atoms with Crippen molar-refractivity contribution in [3.05, 3.63) is 127 Å².